The molecule has 3 rings (SSSR count). The molecular weight excluding hydrogens is 328 g/mol. The van der Waals surface area contributed by atoms with Gasteiger partial charge in [0, 0.05) is 11.1 Å². The van der Waals surface area contributed by atoms with Crippen LogP contribution in [0.5, 0.6) is 0 Å². The van der Waals surface area contributed by atoms with E-state index in [2.05, 4.69) is 0 Å². The highest BCUT2D eigenvalue weighted by Crippen LogP contribution is 2.26. The summed E-state index contributed by atoms with van der Waals surface area (Å²) in [7, 11) is 0. The quantitative estimate of drug-likeness (QED) is 0.668. The zero-order valence-electron chi connectivity index (χ0n) is 13.0. The lowest BCUT2D eigenvalue weighted by atomic mass is 9.91. The number of carbonyl (C=O) groups is 1. The zero-order chi connectivity index (χ0) is 17.1. The highest BCUT2D eigenvalue weighted by atomic mass is 35.5. The van der Waals surface area contributed by atoms with Crippen molar-refractivity contribution < 1.29 is 13.9 Å². The minimum absolute atomic E-state index is 0.233. The summed E-state index contributed by atoms with van der Waals surface area (Å²) >= 11 is 5.92. The summed E-state index contributed by atoms with van der Waals surface area (Å²) < 4.78 is 10.7. The van der Waals surface area contributed by atoms with E-state index in [9.17, 15) is 9.59 Å². The number of hydrogen-bond acceptors (Lipinski definition) is 4. The Morgan fingerprint density at radius 2 is 1.96 bits per heavy atom. The molecule has 0 fully saturated rings. The molecule has 3 aromatic rings. The number of ether oxygens (including phenoxy) is 1. The van der Waals surface area contributed by atoms with Crippen LogP contribution in [0.4, 0.5) is 0 Å². The van der Waals surface area contributed by atoms with Gasteiger partial charge in [0.25, 0.3) is 0 Å². The molecule has 0 aliphatic heterocycles. The molecule has 0 spiro atoms. The van der Waals surface area contributed by atoms with Gasteiger partial charge in [-0.05, 0) is 24.6 Å². The highest BCUT2D eigenvalue weighted by molar-refractivity contribution is 6.31. The van der Waals surface area contributed by atoms with Crippen LogP contribution in [0.1, 0.15) is 24.0 Å². The largest absolute Gasteiger partial charge is 0.465 e. The van der Waals surface area contributed by atoms with Gasteiger partial charge in [-0.25, -0.2) is 0 Å². The van der Waals surface area contributed by atoms with Gasteiger partial charge in [0.1, 0.15) is 11.5 Å². The van der Waals surface area contributed by atoms with E-state index in [-0.39, 0.29) is 17.6 Å². The van der Waals surface area contributed by atoms with Gasteiger partial charge in [-0.2, -0.15) is 0 Å². The maximum atomic E-state index is 12.9. The third kappa shape index (κ3) is 3.05. The van der Waals surface area contributed by atoms with Gasteiger partial charge >= 0.3 is 5.97 Å². The Bertz CT molecular complexity index is 931. The van der Waals surface area contributed by atoms with Crippen molar-refractivity contribution in [2.24, 2.45) is 0 Å². The molecule has 4 nitrogen and oxygen atoms in total. The topological polar surface area (TPSA) is 56.5 Å². The van der Waals surface area contributed by atoms with Crippen LogP contribution in [0, 0.1) is 0 Å². The number of carbonyl (C=O) groups excluding carboxylic acids is 1. The predicted octanol–water partition coefficient (Wildman–Crippen LogP) is 4.14. The summed E-state index contributed by atoms with van der Waals surface area (Å²) in [6.07, 6.45) is 1.32. The van der Waals surface area contributed by atoms with E-state index in [0.29, 0.717) is 21.6 Å². The zero-order valence-corrected chi connectivity index (χ0v) is 13.7. The minimum Gasteiger partial charge on any atom is -0.465 e. The van der Waals surface area contributed by atoms with Crippen LogP contribution in [0.2, 0.25) is 5.02 Å². The number of hydrogen-bond donors (Lipinski definition) is 0. The monoisotopic (exact) mass is 342 g/mol. The van der Waals surface area contributed by atoms with Crippen molar-refractivity contribution >= 4 is 28.5 Å². The number of halogens is 1. The lowest BCUT2D eigenvalue weighted by molar-refractivity contribution is -0.143. The number of rotatable bonds is 4. The third-order valence-electron chi connectivity index (χ3n) is 3.73. The van der Waals surface area contributed by atoms with Crippen LogP contribution in [0.15, 0.2) is 64.0 Å². The SMILES string of the molecule is CCOC(=O)C(c1ccccc1)c1coc2cc(Cl)ccc2c1=O. The fourth-order valence-corrected chi connectivity index (χ4v) is 2.79. The molecule has 0 N–H and O–H groups in total. The van der Waals surface area contributed by atoms with E-state index in [1.54, 1.807) is 37.3 Å². The van der Waals surface area contributed by atoms with Gasteiger partial charge in [-0.3, -0.25) is 9.59 Å². The van der Waals surface area contributed by atoms with E-state index in [4.69, 9.17) is 20.8 Å². The molecule has 1 unspecified atom stereocenters. The third-order valence-corrected chi connectivity index (χ3v) is 3.96. The molecule has 0 radical (unpaired) electrons. The molecule has 0 bridgehead atoms. The number of benzene rings is 2. The summed E-state index contributed by atoms with van der Waals surface area (Å²) in [4.78, 5) is 25.3. The summed E-state index contributed by atoms with van der Waals surface area (Å²) in [6, 6.07) is 13.8. The van der Waals surface area contributed by atoms with Crippen LogP contribution in [0.25, 0.3) is 11.0 Å². The molecule has 24 heavy (non-hydrogen) atoms. The second-order valence-electron chi connectivity index (χ2n) is 5.26. The first-order valence-electron chi connectivity index (χ1n) is 7.54. The smallest absolute Gasteiger partial charge is 0.318 e. The van der Waals surface area contributed by atoms with Crippen LogP contribution in [0.3, 0.4) is 0 Å². The van der Waals surface area contributed by atoms with Crippen molar-refractivity contribution in [3.05, 3.63) is 81.2 Å². The molecule has 0 saturated heterocycles. The first-order valence-corrected chi connectivity index (χ1v) is 7.92. The molecule has 0 aliphatic rings. The molecule has 0 aliphatic carbocycles. The molecular formula is C19H15ClO4. The summed E-state index contributed by atoms with van der Waals surface area (Å²) in [5.74, 6) is -1.31. The molecule has 2 aromatic carbocycles. The average Bonchev–Trinajstić information content (AvgIpc) is 2.58. The normalized spacial score (nSPS) is 12.1. The first-order chi connectivity index (χ1) is 11.6. The maximum Gasteiger partial charge on any atom is 0.318 e. The maximum absolute atomic E-state index is 12.9. The van der Waals surface area contributed by atoms with E-state index >= 15 is 0 Å². The van der Waals surface area contributed by atoms with Gasteiger partial charge < -0.3 is 9.15 Å². The summed E-state index contributed by atoms with van der Waals surface area (Å²) in [5, 5.41) is 0.852. The Morgan fingerprint density at radius 3 is 2.67 bits per heavy atom. The van der Waals surface area contributed by atoms with Crippen molar-refractivity contribution in [3.63, 3.8) is 0 Å². The van der Waals surface area contributed by atoms with E-state index in [1.807, 2.05) is 18.2 Å². The highest BCUT2D eigenvalue weighted by Gasteiger charge is 2.28. The lowest BCUT2D eigenvalue weighted by Gasteiger charge is -2.15. The lowest BCUT2D eigenvalue weighted by Crippen LogP contribution is -2.23. The minimum atomic E-state index is -0.831. The second-order valence-corrected chi connectivity index (χ2v) is 5.69. The Balaban J connectivity index is 2.19. The van der Waals surface area contributed by atoms with Crippen molar-refractivity contribution in [2.45, 2.75) is 12.8 Å². The van der Waals surface area contributed by atoms with Crippen LogP contribution >= 0.6 is 11.6 Å². The van der Waals surface area contributed by atoms with Gasteiger partial charge in [-0.1, -0.05) is 41.9 Å². The number of fused-ring (bicyclic) bond motifs is 1. The van der Waals surface area contributed by atoms with E-state index in [1.165, 1.54) is 6.26 Å². The van der Waals surface area contributed by atoms with Gasteiger partial charge in [0.2, 0.25) is 0 Å². The van der Waals surface area contributed by atoms with Gasteiger partial charge in [-0.15, -0.1) is 0 Å². The predicted molar refractivity (Wildman–Crippen MR) is 92.4 cm³/mol. The van der Waals surface area contributed by atoms with E-state index in [0.717, 1.165) is 0 Å². The van der Waals surface area contributed by atoms with Crippen molar-refractivity contribution in [1.29, 1.82) is 0 Å². The second kappa shape index (κ2) is 6.89. The Morgan fingerprint density at radius 1 is 1.21 bits per heavy atom. The summed E-state index contributed by atoms with van der Waals surface area (Å²) in [6.45, 7) is 1.96. The van der Waals surface area contributed by atoms with Crippen LogP contribution < -0.4 is 5.43 Å². The van der Waals surface area contributed by atoms with E-state index < -0.39 is 11.9 Å². The summed E-state index contributed by atoms with van der Waals surface area (Å²) in [5.41, 5.74) is 1.03. The molecule has 5 heteroatoms. The first kappa shape index (κ1) is 16.3. The molecule has 1 atom stereocenters. The standard InChI is InChI=1S/C19H15ClO4/c1-2-23-19(22)17(12-6-4-3-5-7-12)15-11-24-16-10-13(20)8-9-14(16)18(15)21/h3-11,17H,2H2,1H3. The van der Waals surface area contributed by atoms with Crippen LogP contribution in [-0.4, -0.2) is 12.6 Å². The molecule has 0 saturated carbocycles. The van der Waals surface area contributed by atoms with Crippen LogP contribution in [-0.2, 0) is 9.53 Å². The Labute approximate surface area is 143 Å². The Kier molecular flexibility index (Phi) is 4.67. The van der Waals surface area contributed by atoms with Gasteiger partial charge in [0.15, 0.2) is 5.43 Å². The molecule has 0 amide bonds. The molecule has 1 heterocycles. The molecule has 122 valence electrons. The van der Waals surface area contributed by atoms with Crippen molar-refractivity contribution in [3.8, 4) is 0 Å². The van der Waals surface area contributed by atoms with Gasteiger partial charge in [0.05, 0.1) is 23.8 Å². The average molecular weight is 343 g/mol. The number of esters is 1. The van der Waals surface area contributed by atoms with Crippen molar-refractivity contribution in [1.82, 2.24) is 0 Å². The Hall–Kier alpha value is -2.59. The fourth-order valence-electron chi connectivity index (χ4n) is 2.63. The fraction of sp³-hybridized carbons (Fsp3) is 0.158. The van der Waals surface area contributed by atoms with Crippen molar-refractivity contribution in [2.75, 3.05) is 6.61 Å². The molecule has 1 aromatic heterocycles.